The van der Waals surface area contributed by atoms with E-state index in [2.05, 4.69) is 39.6 Å². The molecule has 1 aliphatic rings. The van der Waals surface area contributed by atoms with Crippen molar-refractivity contribution in [2.24, 2.45) is 0 Å². The SMILES string of the molecule is CC(=O)NC1CC(C)Nc2ccc(Br)cc21. The first-order chi connectivity index (χ1) is 7.56. The van der Waals surface area contributed by atoms with E-state index in [0.717, 1.165) is 22.1 Å². The number of nitrogens with one attached hydrogen (secondary N) is 2. The van der Waals surface area contributed by atoms with Gasteiger partial charge >= 0.3 is 0 Å². The van der Waals surface area contributed by atoms with Gasteiger partial charge in [0.15, 0.2) is 0 Å². The summed E-state index contributed by atoms with van der Waals surface area (Å²) < 4.78 is 1.04. The summed E-state index contributed by atoms with van der Waals surface area (Å²) in [5.74, 6) is 0.0185. The Morgan fingerprint density at radius 2 is 2.31 bits per heavy atom. The lowest BCUT2D eigenvalue weighted by Gasteiger charge is -2.31. The normalized spacial score (nSPS) is 23.2. The van der Waals surface area contributed by atoms with Gasteiger partial charge in [0, 0.05) is 23.1 Å². The molecule has 0 aromatic heterocycles. The van der Waals surface area contributed by atoms with Gasteiger partial charge in [0.25, 0.3) is 0 Å². The number of amides is 1. The summed E-state index contributed by atoms with van der Waals surface area (Å²) in [6.45, 7) is 3.68. The average Bonchev–Trinajstić information content (AvgIpc) is 2.18. The zero-order chi connectivity index (χ0) is 11.7. The molecular formula is C12H15BrN2O. The number of hydrogen-bond donors (Lipinski definition) is 2. The van der Waals surface area contributed by atoms with Gasteiger partial charge in [0.2, 0.25) is 5.91 Å². The fourth-order valence-corrected chi connectivity index (χ4v) is 2.52. The van der Waals surface area contributed by atoms with Gasteiger partial charge < -0.3 is 10.6 Å². The first kappa shape index (κ1) is 11.5. The van der Waals surface area contributed by atoms with Crippen molar-refractivity contribution >= 4 is 27.5 Å². The molecule has 16 heavy (non-hydrogen) atoms. The second-order valence-electron chi connectivity index (χ2n) is 4.27. The van der Waals surface area contributed by atoms with Gasteiger partial charge in [-0.3, -0.25) is 4.79 Å². The molecule has 2 unspecified atom stereocenters. The lowest BCUT2D eigenvalue weighted by atomic mass is 9.93. The third-order valence-electron chi connectivity index (χ3n) is 2.76. The van der Waals surface area contributed by atoms with Gasteiger partial charge in [0.1, 0.15) is 0 Å². The molecule has 0 radical (unpaired) electrons. The molecule has 2 rings (SSSR count). The molecule has 1 aliphatic heterocycles. The number of fused-ring (bicyclic) bond motifs is 1. The average molecular weight is 283 g/mol. The van der Waals surface area contributed by atoms with Gasteiger partial charge in [-0.2, -0.15) is 0 Å². The Morgan fingerprint density at radius 1 is 1.56 bits per heavy atom. The quantitative estimate of drug-likeness (QED) is 0.832. The standard InChI is InChI=1S/C12H15BrN2O/c1-7-5-12(15-8(2)16)10-6-9(13)3-4-11(10)14-7/h3-4,6-7,12,14H,5H2,1-2H3,(H,15,16). The van der Waals surface area contributed by atoms with Gasteiger partial charge in [-0.05, 0) is 37.1 Å². The fourth-order valence-electron chi connectivity index (χ4n) is 2.14. The second kappa shape index (κ2) is 4.45. The smallest absolute Gasteiger partial charge is 0.217 e. The number of carbonyl (C=O) groups is 1. The van der Waals surface area contributed by atoms with E-state index in [1.54, 1.807) is 6.92 Å². The molecule has 1 aromatic rings. The minimum Gasteiger partial charge on any atom is -0.382 e. The molecule has 0 fully saturated rings. The molecule has 1 aromatic carbocycles. The van der Waals surface area contributed by atoms with Gasteiger partial charge in [-0.1, -0.05) is 15.9 Å². The van der Waals surface area contributed by atoms with E-state index in [-0.39, 0.29) is 11.9 Å². The number of carbonyl (C=O) groups excluding carboxylic acids is 1. The van der Waals surface area contributed by atoms with E-state index in [0.29, 0.717) is 6.04 Å². The minimum absolute atomic E-state index is 0.0185. The molecule has 2 atom stereocenters. The zero-order valence-electron chi connectivity index (χ0n) is 9.38. The zero-order valence-corrected chi connectivity index (χ0v) is 11.0. The lowest BCUT2D eigenvalue weighted by molar-refractivity contribution is -0.119. The summed E-state index contributed by atoms with van der Waals surface area (Å²) in [4.78, 5) is 11.2. The molecule has 0 spiro atoms. The summed E-state index contributed by atoms with van der Waals surface area (Å²) >= 11 is 3.46. The molecule has 0 aliphatic carbocycles. The van der Waals surface area contributed by atoms with Crippen LogP contribution in [0.4, 0.5) is 5.69 Å². The summed E-state index contributed by atoms with van der Waals surface area (Å²) in [7, 11) is 0. The van der Waals surface area contributed by atoms with Crippen molar-refractivity contribution in [2.45, 2.75) is 32.4 Å². The van der Waals surface area contributed by atoms with E-state index in [4.69, 9.17) is 0 Å². The van der Waals surface area contributed by atoms with Crippen LogP contribution in [0.2, 0.25) is 0 Å². The van der Waals surface area contributed by atoms with Crippen molar-refractivity contribution in [3.63, 3.8) is 0 Å². The van der Waals surface area contributed by atoms with E-state index >= 15 is 0 Å². The molecule has 1 heterocycles. The van der Waals surface area contributed by atoms with Crippen LogP contribution in [0.15, 0.2) is 22.7 Å². The van der Waals surface area contributed by atoms with Crippen molar-refractivity contribution in [3.05, 3.63) is 28.2 Å². The number of halogens is 1. The predicted octanol–water partition coefficient (Wildman–Crippen LogP) is 2.83. The number of rotatable bonds is 1. The van der Waals surface area contributed by atoms with Crippen LogP contribution in [-0.2, 0) is 4.79 Å². The van der Waals surface area contributed by atoms with Crippen molar-refractivity contribution in [1.82, 2.24) is 5.32 Å². The molecular weight excluding hydrogens is 268 g/mol. The van der Waals surface area contributed by atoms with Crippen LogP contribution in [0.25, 0.3) is 0 Å². The summed E-state index contributed by atoms with van der Waals surface area (Å²) in [5, 5.41) is 6.41. The number of anilines is 1. The van der Waals surface area contributed by atoms with Gasteiger partial charge in [-0.25, -0.2) is 0 Å². The van der Waals surface area contributed by atoms with E-state index in [9.17, 15) is 4.79 Å². The van der Waals surface area contributed by atoms with Crippen LogP contribution in [-0.4, -0.2) is 11.9 Å². The molecule has 0 bridgehead atoms. The third-order valence-corrected chi connectivity index (χ3v) is 3.25. The van der Waals surface area contributed by atoms with E-state index in [1.807, 2.05) is 12.1 Å². The first-order valence-corrected chi connectivity index (χ1v) is 6.18. The number of benzene rings is 1. The molecule has 0 saturated carbocycles. The van der Waals surface area contributed by atoms with Crippen LogP contribution < -0.4 is 10.6 Å². The van der Waals surface area contributed by atoms with Crippen LogP contribution in [0.3, 0.4) is 0 Å². The van der Waals surface area contributed by atoms with Gasteiger partial charge in [0.05, 0.1) is 6.04 Å². The van der Waals surface area contributed by atoms with Crippen LogP contribution in [0, 0.1) is 0 Å². The van der Waals surface area contributed by atoms with E-state index < -0.39 is 0 Å². The van der Waals surface area contributed by atoms with Crippen LogP contribution >= 0.6 is 15.9 Å². The maximum absolute atomic E-state index is 11.2. The summed E-state index contributed by atoms with van der Waals surface area (Å²) in [6, 6.07) is 6.61. The fraction of sp³-hybridized carbons (Fsp3) is 0.417. The summed E-state index contributed by atoms with van der Waals surface area (Å²) in [6.07, 6.45) is 0.920. The van der Waals surface area contributed by atoms with Gasteiger partial charge in [-0.15, -0.1) is 0 Å². The van der Waals surface area contributed by atoms with Crippen LogP contribution in [0.1, 0.15) is 31.9 Å². The Hall–Kier alpha value is -1.03. The van der Waals surface area contributed by atoms with Crippen molar-refractivity contribution in [3.8, 4) is 0 Å². The Kier molecular flexibility index (Phi) is 3.19. The third kappa shape index (κ3) is 2.38. The van der Waals surface area contributed by atoms with E-state index in [1.165, 1.54) is 0 Å². The Morgan fingerprint density at radius 3 is 3.00 bits per heavy atom. The highest BCUT2D eigenvalue weighted by Gasteiger charge is 2.24. The minimum atomic E-state index is 0.0185. The Bertz CT molecular complexity index is 419. The molecule has 4 heteroatoms. The second-order valence-corrected chi connectivity index (χ2v) is 5.18. The van der Waals surface area contributed by atoms with Crippen molar-refractivity contribution in [2.75, 3.05) is 5.32 Å². The Labute approximate surface area is 104 Å². The maximum atomic E-state index is 11.2. The molecule has 1 amide bonds. The monoisotopic (exact) mass is 282 g/mol. The molecule has 86 valence electrons. The predicted molar refractivity (Wildman–Crippen MR) is 68.4 cm³/mol. The lowest BCUT2D eigenvalue weighted by Crippen LogP contribution is -2.35. The first-order valence-electron chi connectivity index (χ1n) is 5.39. The topological polar surface area (TPSA) is 41.1 Å². The maximum Gasteiger partial charge on any atom is 0.217 e. The van der Waals surface area contributed by atoms with Crippen molar-refractivity contribution < 1.29 is 4.79 Å². The van der Waals surface area contributed by atoms with Crippen molar-refractivity contribution in [1.29, 1.82) is 0 Å². The molecule has 0 saturated heterocycles. The largest absolute Gasteiger partial charge is 0.382 e. The summed E-state index contributed by atoms with van der Waals surface area (Å²) in [5.41, 5.74) is 2.27. The Balaban J connectivity index is 2.35. The highest BCUT2D eigenvalue weighted by Crippen LogP contribution is 2.34. The number of hydrogen-bond acceptors (Lipinski definition) is 2. The highest BCUT2D eigenvalue weighted by molar-refractivity contribution is 9.10. The molecule has 2 N–H and O–H groups in total. The molecule has 3 nitrogen and oxygen atoms in total. The highest BCUT2D eigenvalue weighted by atomic mass is 79.9. The van der Waals surface area contributed by atoms with Crippen LogP contribution in [0.5, 0.6) is 0 Å².